The van der Waals surface area contributed by atoms with Gasteiger partial charge in [0.2, 0.25) is 9.90 Å². The van der Waals surface area contributed by atoms with Crippen LogP contribution >= 0.6 is 34.8 Å². The van der Waals surface area contributed by atoms with Crippen molar-refractivity contribution in [3.8, 4) is 5.75 Å². The molecule has 0 bridgehead atoms. The van der Waals surface area contributed by atoms with Crippen LogP contribution in [0.5, 0.6) is 5.75 Å². The number of para-hydroxylation sites is 1. The van der Waals surface area contributed by atoms with Crippen molar-refractivity contribution in [3.63, 3.8) is 0 Å². The minimum Gasteiger partial charge on any atom is -0.478 e. The molecule has 3 atom stereocenters. The number of benzene rings is 2. The van der Waals surface area contributed by atoms with Gasteiger partial charge >= 0.3 is 0 Å². The molecule has 2 aliphatic rings. The van der Waals surface area contributed by atoms with Crippen LogP contribution in [0.15, 0.2) is 53.5 Å². The molecule has 0 aliphatic carbocycles. The number of aliphatic imine (C=N–C) groups is 1. The maximum atomic E-state index is 12.2. The molecule has 0 radical (unpaired) electrons. The average molecular weight is 468 g/mol. The number of alkyl halides is 3. The molecule has 0 N–H and O–H groups in total. The second kappa shape index (κ2) is 7.70. The van der Waals surface area contributed by atoms with Crippen LogP contribution in [0.2, 0.25) is 0 Å². The van der Waals surface area contributed by atoms with Crippen LogP contribution in [-0.4, -0.2) is 32.1 Å². The molecule has 5 nitrogen and oxygen atoms in total. The van der Waals surface area contributed by atoms with E-state index in [1.807, 2.05) is 30.3 Å². The summed E-state index contributed by atoms with van der Waals surface area (Å²) >= 11 is 18.4. The highest BCUT2D eigenvalue weighted by Gasteiger charge is 2.55. The lowest BCUT2D eigenvalue weighted by molar-refractivity contribution is -0.538. The van der Waals surface area contributed by atoms with Gasteiger partial charge in [-0.05, 0) is 37.5 Å². The Morgan fingerprint density at radius 3 is 2.53 bits per heavy atom. The van der Waals surface area contributed by atoms with Crippen molar-refractivity contribution in [1.82, 2.24) is 0 Å². The third-order valence-corrected chi connectivity index (χ3v) is 6.31. The molecular formula is C22H21Cl3N2O3. The number of rotatable bonds is 3. The van der Waals surface area contributed by atoms with E-state index >= 15 is 0 Å². The Hall–Kier alpha value is -1.82. The molecule has 0 unspecified atom stereocenters. The van der Waals surface area contributed by atoms with E-state index in [1.54, 1.807) is 12.1 Å². The standard InChI is InChI=1S/C22H21Cl3N2O3/c1-21(2)12-13-7-3-4-8-14(13)17(26-21)11-16-15-9-5-6-10-18(15)30-20(22(23,24)25)19(16)27(28)29/h3-10,16,19-20H,11-12H2,1-2H3/t16-,19+,20-/m0/s1. The smallest absolute Gasteiger partial charge is 0.260 e. The summed E-state index contributed by atoms with van der Waals surface area (Å²) in [7, 11) is 0. The lowest BCUT2D eigenvalue weighted by atomic mass is 9.78. The number of nitrogens with zero attached hydrogens (tertiary/aromatic N) is 2. The molecule has 0 fully saturated rings. The first-order chi connectivity index (χ1) is 14.1. The molecule has 0 saturated carbocycles. The summed E-state index contributed by atoms with van der Waals surface area (Å²) < 4.78 is 3.87. The van der Waals surface area contributed by atoms with Crippen molar-refractivity contribution in [1.29, 1.82) is 0 Å². The van der Waals surface area contributed by atoms with E-state index < -0.39 is 26.8 Å². The number of nitro groups is 1. The third kappa shape index (κ3) is 4.03. The Kier molecular flexibility index (Phi) is 5.50. The zero-order chi connectivity index (χ0) is 21.7. The molecule has 0 aromatic heterocycles. The highest BCUT2D eigenvalue weighted by atomic mass is 35.6. The lowest BCUT2D eigenvalue weighted by Gasteiger charge is -2.38. The lowest BCUT2D eigenvalue weighted by Crippen LogP contribution is -2.52. The summed E-state index contributed by atoms with van der Waals surface area (Å²) in [5, 5.41) is 12.2. The minimum absolute atomic E-state index is 0.299. The highest BCUT2D eigenvalue weighted by Crippen LogP contribution is 2.47. The van der Waals surface area contributed by atoms with Crippen LogP contribution in [0.25, 0.3) is 0 Å². The molecular weight excluding hydrogens is 447 g/mol. The van der Waals surface area contributed by atoms with Crippen LogP contribution < -0.4 is 4.74 Å². The predicted octanol–water partition coefficient (Wildman–Crippen LogP) is 5.76. The van der Waals surface area contributed by atoms with Crippen molar-refractivity contribution in [2.24, 2.45) is 4.99 Å². The molecule has 8 heteroatoms. The Morgan fingerprint density at radius 1 is 1.17 bits per heavy atom. The van der Waals surface area contributed by atoms with E-state index in [4.69, 9.17) is 44.5 Å². The van der Waals surface area contributed by atoms with Crippen LogP contribution in [0.3, 0.4) is 0 Å². The van der Waals surface area contributed by atoms with E-state index in [0.29, 0.717) is 12.2 Å². The van der Waals surface area contributed by atoms with Crippen molar-refractivity contribution in [3.05, 3.63) is 75.3 Å². The fourth-order valence-corrected chi connectivity index (χ4v) is 5.02. The van der Waals surface area contributed by atoms with E-state index in [0.717, 1.165) is 23.3 Å². The van der Waals surface area contributed by atoms with E-state index in [1.165, 1.54) is 5.56 Å². The van der Waals surface area contributed by atoms with Gasteiger partial charge in [0.05, 0.1) is 11.5 Å². The van der Waals surface area contributed by atoms with Gasteiger partial charge in [0.25, 0.3) is 6.04 Å². The Bertz CT molecular complexity index is 1020. The maximum Gasteiger partial charge on any atom is 0.260 e. The van der Waals surface area contributed by atoms with E-state index in [-0.39, 0.29) is 5.54 Å². The van der Waals surface area contributed by atoms with Crippen molar-refractivity contribution >= 4 is 40.5 Å². The normalized spacial score (nSPS) is 24.8. The summed E-state index contributed by atoms with van der Waals surface area (Å²) in [5.74, 6) is -0.0489. The second-order valence-corrected chi connectivity index (χ2v) is 10.8. The number of halogens is 3. The summed E-state index contributed by atoms with van der Waals surface area (Å²) in [5.41, 5.74) is 3.47. The van der Waals surface area contributed by atoms with Gasteiger partial charge in [0, 0.05) is 22.6 Å². The predicted molar refractivity (Wildman–Crippen MR) is 120 cm³/mol. The summed E-state index contributed by atoms with van der Waals surface area (Å²) in [6.45, 7) is 4.13. The van der Waals surface area contributed by atoms with Gasteiger partial charge < -0.3 is 4.74 Å². The molecule has 2 heterocycles. The Balaban J connectivity index is 1.83. The highest BCUT2D eigenvalue weighted by molar-refractivity contribution is 6.68. The zero-order valence-electron chi connectivity index (χ0n) is 16.5. The number of hydrogen-bond donors (Lipinski definition) is 0. The molecule has 2 aromatic rings. The van der Waals surface area contributed by atoms with Gasteiger partial charge in [-0.15, -0.1) is 0 Å². The summed E-state index contributed by atoms with van der Waals surface area (Å²) in [6.07, 6.45) is -0.0549. The topological polar surface area (TPSA) is 64.7 Å². The largest absolute Gasteiger partial charge is 0.478 e. The van der Waals surface area contributed by atoms with E-state index in [9.17, 15) is 10.1 Å². The SMILES string of the molecule is CC1(C)Cc2ccccc2C(C[C@H]2c3ccccc3O[C@H](C(Cl)(Cl)Cl)[C@@H]2[N+](=O)[O-])=N1. The molecule has 30 heavy (non-hydrogen) atoms. The zero-order valence-corrected chi connectivity index (χ0v) is 18.8. The fourth-order valence-electron chi connectivity index (χ4n) is 4.50. The van der Waals surface area contributed by atoms with Gasteiger partial charge in [-0.3, -0.25) is 15.1 Å². The number of ether oxygens (including phenoxy) is 1. The van der Waals surface area contributed by atoms with Crippen LogP contribution in [0.1, 0.15) is 42.9 Å². The fraction of sp³-hybridized carbons (Fsp3) is 0.409. The quantitative estimate of drug-likeness (QED) is 0.327. The monoisotopic (exact) mass is 466 g/mol. The third-order valence-electron chi connectivity index (χ3n) is 5.66. The van der Waals surface area contributed by atoms with Crippen molar-refractivity contribution in [2.75, 3.05) is 0 Å². The molecule has 2 aromatic carbocycles. The van der Waals surface area contributed by atoms with Crippen LogP contribution in [0.4, 0.5) is 0 Å². The van der Waals surface area contributed by atoms with E-state index in [2.05, 4.69) is 19.9 Å². The first kappa shape index (κ1) is 21.4. The van der Waals surface area contributed by atoms with Crippen LogP contribution in [-0.2, 0) is 6.42 Å². The van der Waals surface area contributed by atoms with Crippen LogP contribution in [0, 0.1) is 10.1 Å². The molecule has 0 saturated heterocycles. The Labute approximate surface area is 190 Å². The van der Waals surface area contributed by atoms with Gasteiger partial charge in [-0.25, -0.2) is 0 Å². The first-order valence-electron chi connectivity index (χ1n) is 9.69. The molecule has 0 amide bonds. The molecule has 158 valence electrons. The average Bonchev–Trinajstić information content (AvgIpc) is 2.65. The molecule has 4 rings (SSSR count). The summed E-state index contributed by atoms with van der Waals surface area (Å²) in [6, 6.07) is 14.1. The molecule has 2 aliphatic heterocycles. The van der Waals surface area contributed by atoms with Gasteiger partial charge in [-0.2, -0.15) is 0 Å². The van der Waals surface area contributed by atoms with Gasteiger partial charge in [0.15, 0.2) is 0 Å². The van der Waals surface area contributed by atoms with Crippen molar-refractivity contribution < 1.29 is 9.66 Å². The second-order valence-electron chi connectivity index (χ2n) is 8.41. The maximum absolute atomic E-state index is 12.2. The number of fused-ring (bicyclic) bond motifs is 2. The summed E-state index contributed by atoms with van der Waals surface area (Å²) in [4.78, 5) is 16.7. The first-order valence-corrected chi connectivity index (χ1v) is 10.8. The van der Waals surface area contributed by atoms with Gasteiger partial charge in [0.1, 0.15) is 5.75 Å². The van der Waals surface area contributed by atoms with Crippen molar-refractivity contribution in [2.45, 2.75) is 54.1 Å². The van der Waals surface area contributed by atoms with Gasteiger partial charge in [-0.1, -0.05) is 77.3 Å². The Morgan fingerprint density at radius 2 is 1.83 bits per heavy atom. The minimum atomic E-state index is -1.95. The molecule has 0 spiro atoms. The number of hydrogen-bond acceptors (Lipinski definition) is 4.